The first-order valence-electron chi connectivity index (χ1n) is 6.43. The number of likely N-dealkylation sites (N-methyl/N-ethyl adjacent to an activating group) is 1. The summed E-state index contributed by atoms with van der Waals surface area (Å²) in [6.45, 7) is 1.11. The zero-order valence-electron chi connectivity index (χ0n) is 11.1. The minimum atomic E-state index is -0.773. The number of benzene rings is 1. The Bertz CT molecular complexity index is 536. The van der Waals surface area contributed by atoms with Crippen LogP contribution >= 0.6 is 0 Å². The summed E-state index contributed by atoms with van der Waals surface area (Å²) in [4.78, 5) is 23.9. The molecule has 1 amide bonds. The van der Waals surface area contributed by atoms with Gasteiger partial charge in [0.05, 0.1) is 11.0 Å². The fourth-order valence-corrected chi connectivity index (χ4v) is 2.38. The van der Waals surface area contributed by atoms with Crippen molar-refractivity contribution < 1.29 is 14.1 Å². The maximum Gasteiger partial charge on any atom is 0.273 e. The number of amides is 1. The molecule has 0 spiro atoms. The van der Waals surface area contributed by atoms with Gasteiger partial charge in [0, 0.05) is 30.8 Å². The molecule has 0 aliphatic carbocycles. The molecule has 6 nitrogen and oxygen atoms in total. The zero-order chi connectivity index (χ0) is 14.7. The van der Waals surface area contributed by atoms with Crippen LogP contribution in [0.2, 0.25) is 0 Å². The summed E-state index contributed by atoms with van der Waals surface area (Å²) in [6.07, 6.45) is 1.83. The third-order valence-corrected chi connectivity index (χ3v) is 3.46. The average molecular weight is 281 g/mol. The van der Waals surface area contributed by atoms with E-state index in [1.165, 1.54) is 0 Å². The number of nitro benzene ring substituents is 1. The highest BCUT2D eigenvalue weighted by Crippen LogP contribution is 2.19. The van der Waals surface area contributed by atoms with Crippen LogP contribution in [-0.2, 0) is 0 Å². The van der Waals surface area contributed by atoms with Gasteiger partial charge < -0.3 is 10.2 Å². The molecule has 7 heteroatoms. The Morgan fingerprint density at radius 2 is 2.25 bits per heavy atom. The summed E-state index contributed by atoms with van der Waals surface area (Å²) in [5.41, 5.74) is -0.385. The van der Waals surface area contributed by atoms with Gasteiger partial charge in [-0.3, -0.25) is 14.9 Å². The molecule has 20 heavy (non-hydrogen) atoms. The van der Waals surface area contributed by atoms with Crippen LogP contribution in [0, 0.1) is 15.9 Å². The first-order chi connectivity index (χ1) is 9.51. The van der Waals surface area contributed by atoms with Crippen molar-refractivity contribution in [3.8, 4) is 0 Å². The Balaban J connectivity index is 2.22. The molecule has 0 saturated carbocycles. The van der Waals surface area contributed by atoms with Crippen molar-refractivity contribution in [3.63, 3.8) is 0 Å². The second kappa shape index (κ2) is 5.96. The van der Waals surface area contributed by atoms with Crippen LogP contribution in [0.4, 0.5) is 10.1 Å². The van der Waals surface area contributed by atoms with Crippen LogP contribution in [0.3, 0.4) is 0 Å². The van der Waals surface area contributed by atoms with Gasteiger partial charge in [0.15, 0.2) is 0 Å². The van der Waals surface area contributed by atoms with Crippen LogP contribution in [0.1, 0.15) is 23.2 Å². The van der Waals surface area contributed by atoms with Crippen molar-refractivity contribution in [2.24, 2.45) is 0 Å². The quantitative estimate of drug-likeness (QED) is 0.674. The molecular weight excluding hydrogens is 265 g/mol. The number of nitrogens with one attached hydrogen (secondary N) is 1. The molecule has 1 N–H and O–H groups in total. The lowest BCUT2D eigenvalue weighted by molar-refractivity contribution is -0.385. The summed E-state index contributed by atoms with van der Waals surface area (Å²) in [5, 5.41) is 13.8. The van der Waals surface area contributed by atoms with E-state index < -0.39 is 16.4 Å². The molecule has 0 aromatic heterocycles. The van der Waals surface area contributed by atoms with Gasteiger partial charge in [0.1, 0.15) is 5.82 Å². The van der Waals surface area contributed by atoms with Crippen LogP contribution < -0.4 is 5.32 Å². The monoisotopic (exact) mass is 281 g/mol. The van der Waals surface area contributed by atoms with Crippen LogP contribution in [-0.4, -0.2) is 41.9 Å². The molecule has 1 atom stereocenters. The highest BCUT2D eigenvalue weighted by Gasteiger charge is 2.25. The van der Waals surface area contributed by atoms with Crippen LogP contribution in [0.5, 0.6) is 0 Å². The van der Waals surface area contributed by atoms with E-state index in [2.05, 4.69) is 5.32 Å². The number of nitro groups is 1. The van der Waals surface area contributed by atoms with Crippen molar-refractivity contribution in [1.82, 2.24) is 10.2 Å². The number of non-ortho nitro benzene ring substituents is 1. The second-order valence-corrected chi connectivity index (χ2v) is 4.83. The summed E-state index contributed by atoms with van der Waals surface area (Å²) < 4.78 is 13.4. The predicted molar refractivity (Wildman–Crippen MR) is 71.0 cm³/mol. The van der Waals surface area contributed by atoms with Gasteiger partial charge in [-0.2, -0.15) is 0 Å². The molecule has 1 aliphatic rings. The van der Waals surface area contributed by atoms with Gasteiger partial charge in [-0.05, 0) is 26.0 Å². The van der Waals surface area contributed by atoms with Gasteiger partial charge in [-0.1, -0.05) is 0 Å². The number of halogens is 1. The zero-order valence-corrected chi connectivity index (χ0v) is 11.1. The number of nitrogens with zero attached hydrogens (tertiary/aromatic N) is 2. The SMILES string of the molecule is CNC1CCCN(C(=O)c2cc(F)cc([N+](=O)[O-])c2)C1. The van der Waals surface area contributed by atoms with E-state index in [4.69, 9.17) is 0 Å². The number of hydrogen-bond donors (Lipinski definition) is 1. The summed E-state index contributed by atoms with van der Waals surface area (Å²) in [6, 6.07) is 3.17. The highest BCUT2D eigenvalue weighted by molar-refractivity contribution is 5.95. The van der Waals surface area contributed by atoms with Gasteiger partial charge in [-0.15, -0.1) is 0 Å². The molecule has 1 aromatic carbocycles. The fourth-order valence-electron chi connectivity index (χ4n) is 2.38. The molecule has 1 fully saturated rings. The molecule has 1 heterocycles. The number of piperidine rings is 1. The maximum absolute atomic E-state index is 13.4. The highest BCUT2D eigenvalue weighted by atomic mass is 19.1. The fraction of sp³-hybridized carbons (Fsp3) is 0.462. The normalized spacial score (nSPS) is 18.9. The molecule has 0 radical (unpaired) electrons. The Labute approximate surface area is 115 Å². The molecule has 1 saturated heterocycles. The van der Waals surface area contributed by atoms with E-state index in [1.807, 2.05) is 7.05 Å². The topological polar surface area (TPSA) is 75.5 Å². The van der Waals surface area contributed by atoms with Crippen molar-refractivity contribution in [2.75, 3.05) is 20.1 Å². The molecular formula is C13H16FN3O3. The van der Waals surface area contributed by atoms with Crippen molar-refractivity contribution in [3.05, 3.63) is 39.7 Å². The molecule has 108 valence electrons. The van der Waals surface area contributed by atoms with Gasteiger partial charge in [0.2, 0.25) is 0 Å². The third-order valence-electron chi connectivity index (χ3n) is 3.46. The van der Waals surface area contributed by atoms with Crippen LogP contribution in [0.25, 0.3) is 0 Å². The Kier molecular flexibility index (Phi) is 4.29. The molecule has 1 aliphatic heterocycles. The Morgan fingerprint density at radius 3 is 2.90 bits per heavy atom. The lowest BCUT2D eigenvalue weighted by Crippen LogP contribution is -2.47. The largest absolute Gasteiger partial charge is 0.337 e. The van der Waals surface area contributed by atoms with Gasteiger partial charge in [0.25, 0.3) is 11.6 Å². The van der Waals surface area contributed by atoms with E-state index in [-0.39, 0.29) is 17.5 Å². The van der Waals surface area contributed by atoms with E-state index >= 15 is 0 Å². The maximum atomic E-state index is 13.4. The first kappa shape index (κ1) is 14.4. The summed E-state index contributed by atoms with van der Waals surface area (Å²) in [7, 11) is 1.83. The summed E-state index contributed by atoms with van der Waals surface area (Å²) >= 11 is 0. The first-order valence-corrected chi connectivity index (χ1v) is 6.43. The predicted octanol–water partition coefficient (Wildman–Crippen LogP) is 1.56. The third kappa shape index (κ3) is 3.11. The van der Waals surface area contributed by atoms with Gasteiger partial charge >= 0.3 is 0 Å². The Morgan fingerprint density at radius 1 is 1.50 bits per heavy atom. The number of carbonyl (C=O) groups is 1. The van der Waals surface area contributed by atoms with Crippen LogP contribution in [0.15, 0.2) is 18.2 Å². The van der Waals surface area contributed by atoms with Crippen molar-refractivity contribution >= 4 is 11.6 Å². The molecule has 0 bridgehead atoms. The Hall–Kier alpha value is -2.02. The number of carbonyl (C=O) groups excluding carboxylic acids is 1. The second-order valence-electron chi connectivity index (χ2n) is 4.83. The minimum absolute atomic E-state index is 0.0217. The number of hydrogen-bond acceptors (Lipinski definition) is 4. The number of likely N-dealkylation sites (tertiary alicyclic amines) is 1. The smallest absolute Gasteiger partial charge is 0.273 e. The lowest BCUT2D eigenvalue weighted by atomic mass is 10.0. The lowest BCUT2D eigenvalue weighted by Gasteiger charge is -2.32. The molecule has 2 rings (SSSR count). The molecule has 1 unspecified atom stereocenters. The van der Waals surface area contributed by atoms with E-state index in [0.29, 0.717) is 13.1 Å². The standard InChI is InChI=1S/C13H16FN3O3/c1-15-11-3-2-4-16(8-11)13(18)9-5-10(14)7-12(6-9)17(19)20/h5-7,11,15H,2-4,8H2,1H3. The van der Waals surface area contributed by atoms with E-state index in [0.717, 1.165) is 31.0 Å². The average Bonchev–Trinajstić information content (AvgIpc) is 2.45. The summed E-state index contributed by atoms with van der Waals surface area (Å²) in [5.74, 6) is -1.14. The molecule has 1 aromatic rings. The van der Waals surface area contributed by atoms with Crippen molar-refractivity contribution in [2.45, 2.75) is 18.9 Å². The van der Waals surface area contributed by atoms with Gasteiger partial charge in [-0.25, -0.2) is 4.39 Å². The van der Waals surface area contributed by atoms with E-state index in [9.17, 15) is 19.3 Å². The van der Waals surface area contributed by atoms with Crippen molar-refractivity contribution in [1.29, 1.82) is 0 Å². The minimum Gasteiger partial charge on any atom is -0.337 e. The number of rotatable bonds is 3. The van der Waals surface area contributed by atoms with E-state index in [1.54, 1.807) is 4.90 Å².